The molecule has 0 heterocycles. The number of amides is 2. The molecule has 0 spiro atoms. The molecule has 1 atom stereocenters. The predicted molar refractivity (Wildman–Crippen MR) is 101 cm³/mol. The number of carbonyl (C=O) groups excluding carboxylic acids is 4. The summed E-state index contributed by atoms with van der Waals surface area (Å²) in [6.07, 6.45) is -1.36. The van der Waals surface area contributed by atoms with Gasteiger partial charge in [0.1, 0.15) is 0 Å². The van der Waals surface area contributed by atoms with Crippen molar-refractivity contribution in [2.75, 3.05) is 19.0 Å². The molecule has 0 saturated heterocycles. The molecule has 31 heavy (non-hydrogen) atoms. The third-order valence-corrected chi connectivity index (χ3v) is 3.94. The third-order valence-electron chi connectivity index (χ3n) is 3.94. The van der Waals surface area contributed by atoms with Gasteiger partial charge in [-0.1, -0.05) is 12.1 Å². The Morgan fingerprint density at radius 1 is 0.935 bits per heavy atom. The molecule has 0 bridgehead atoms. The summed E-state index contributed by atoms with van der Waals surface area (Å²) in [6, 6.07) is 7.08. The second-order valence-electron chi connectivity index (χ2n) is 6.07. The summed E-state index contributed by atoms with van der Waals surface area (Å²) in [5.74, 6) is -8.32. The second kappa shape index (κ2) is 10.2. The van der Waals surface area contributed by atoms with Gasteiger partial charge in [0.15, 0.2) is 23.6 Å². The van der Waals surface area contributed by atoms with Crippen LogP contribution in [0, 0.1) is 17.5 Å². The van der Waals surface area contributed by atoms with E-state index in [9.17, 15) is 32.3 Å². The average Bonchev–Trinajstić information content (AvgIpc) is 2.77. The van der Waals surface area contributed by atoms with E-state index in [0.717, 1.165) is 13.2 Å². The van der Waals surface area contributed by atoms with E-state index in [1.54, 1.807) is 0 Å². The summed E-state index contributed by atoms with van der Waals surface area (Å²) in [4.78, 5) is 47.9. The summed E-state index contributed by atoms with van der Waals surface area (Å²) >= 11 is 0. The van der Waals surface area contributed by atoms with Gasteiger partial charge in [0, 0.05) is 0 Å². The van der Waals surface area contributed by atoms with E-state index in [-0.39, 0.29) is 11.1 Å². The van der Waals surface area contributed by atoms with Crippen LogP contribution in [0.3, 0.4) is 0 Å². The molecule has 0 aliphatic carbocycles. The Morgan fingerprint density at radius 2 is 1.55 bits per heavy atom. The molecule has 0 aliphatic heterocycles. The first-order valence-electron chi connectivity index (χ1n) is 8.75. The fourth-order valence-electron chi connectivity index (χ4n) is 2.35. The Bertz CT molecular complexity index is 1030. The van der Waals surface area contributed by atoms with Gasteiger partial charge in [0.25, 0.3) is 5.91 Å². The van der Waals surface area contributed by atoms with Crippen LogP contribution in [-0.4, -0.2) is 43.5 Å². The van der Waals surface area contributed by atoms with Gasteiger partial charge in [-0.15, -0.1) is 0 Å². The van der Waals surface area contributed by atoms with Gasteiger partial charge in [-0.3, -0.25) is 9.59 Å². The maximum atomic E-state index is 13.6. The molecule has 8 nitrogen and oxygen atoms in total. The van der Waals surface area contributed by atoms with Crippen molar-refractivity contribution >= 4 is 29.4 Å². The van der Waals surface area contributed by atoms with Gasteiger partial charge in [0.05, 0.1) is 30.5 Å². The zero-order chi connectivity index (χ0) is 23.1. The van der Waals surface area contributed by atoms with Crippen LogP contribution in [0.5, 0.6) is 0 Å². The molecule has 1 unspecified atom stereocenters. The number of rotatable bonds is 7. The van der Waals surface area contributed by atoms with E-state index in [1.165, 1.54) is 31.2 Å². The van der Waals surface area contributed by atoms with E-state index in [0.29, 0.717) is 6.07 Å². The van der Waals surface area contributed by atoms with Crippen molar-refractivity contribution in [3.05, 3.63) is 65.0 Å². The number of nitrogens with one attached hydrogen (secondary N) is 2. The fraction of sp³-hybridized carbons (Fsp3) is 0.200. The van der Waals surface area contributed by atoms with Crippen molar-refractivity contribution in [1.29, 1.82) is 0 Å². The molecule has 0 aliphatic rings. The molecule has 2 aromatic carbocycles. The standard InChI is InChI=1S/C20H17F3N2O6/c1-10(31-20(29)12-6-4-3-5-11(12)19(28)30-2)18(27)24-9-15(26)25-14-8-7-13(21)16(22)17(14)23/h3-8,10H,9H2,1-2H3,(H,24,27)(H,25,26). The summed E-state index contributed by atoms with van der Waals surface area (Å²) in [5.41, 5.74) is -0.798. The fourth-order valence-corrected chi connectivity index (χ4v) is 2.35. The molecule has 0 fully saturated rings. The van der Waals surface area contributed by atoms with Crippen LogP contribution < -0.4 is 10.6 Å². The highest BCUT2D eigenvalue weighted by Gasteiger charge is 2.23. The maximum absolute atomic E-state index is 13.6. The van der Waals surface area contributed by atoms with Crippen molar-refractivity contribution in [2.45, 2.75) is 13.0 Å². The molecule has 2 amide bonds. The number of carbonyl (C=O) groups is 4. The maximum Gasteiger partial charge on any atom is 0.339 e. The highest BCUT2D eigenvalue weighted by molar-refractivity contribution is 6.04. The molecule has 164 valence electrons. The molecule has 2 aromatic rings. The first-order valence-corrected chi connectivity index (χ1v) is 8.75. The number of hydrogen-bond donors (Lipinski definition) is 2. The smallest absolute Gasteiger partial charge is 0.339 e. The van der Waals surface area contributed by atoms with E-state index in [4.69, 9.17) is 4.74 Å². The number of methoxy groups -OCH3 is 1. The monoisotopic (exact) mass is 438 g/mol. The second-order valence-corrected chi connectivity index (χ2v) is 6.07. The van der Waals surface area contributed by atoms with Gasteiger partial charge >= 0.3 is 11.9 Å². The zero-order valence-corrected chi connectivity index (χ0v) is 16.3. The lowest BCUT2D eigenvalue weighted by Gasteiger charge is -2.14. The lowest BCUT2D eigenvalue weighted by molar-refractivity contribution is -0.130. The number of benzene rings is 2. The normalized spacial score (nSPS) is 11.3. The Labute approximate surface area is 174 Å². The van der Waals surface area contributed by atoms with E-state index >= 15 is 0 Å². The predicted octanol–water partition coefficient (Wildman–Crippen LogP) is 2.19. The van der Waals surface area contributed by atoms with E-state index < -0.39 is 59.5 Å². The van der Waals surface area contributed by atoms with Gasteiger partial charge in [-0.25, -0.2) is 22.8 Å². The molecule has 2 rings (SSSR count). The van der Waals surface area contributed by atoms with Crippen molar-refractivity contribution < 1.29 is 41.8 Å². The number of esters is 2. The highest BCUT2D eigenvalue weighted by atomic mass is 19.2. The highest BCUT2D eigenvalue weighted by Crippen LogP contribution is 2.19. The average molecular weight is 438 g/mol. The van der Waals surface area contributed by atoms with Crippen molar-refractivity contribution in [1.82, 2.24) is 5.32 Å². The van der Waals surface area contributed by atoms with Crippen LogP contribution in [0.25, 0.3) is 0 Å². The minimum atomic E-state index is -1.75. The van der Waals surface area contributed by atoms with Crippen molar-refractivity contribution in [2.24, 2.45) is 0 Å². The summed E-state index contributed by atoms with van der Waals surface area (Å²) < 4.78 is 49.2. The molecule has 11 heteroatoms. The Kier molecular flexibility index (Phi) is 7.72. The van der Waals surface area contributed by atoms with Crippen molar-refractivity contribution in [3.8, 4) is 0 Å². The molecule has 0 aromatic heterocycles. The summed E-state index contributed by atoms with van der Waals surface area (Å²) in [5, 5.41) is 4.11. The van der Waals surface area contributed by atoms with Gasteiger partial charge in [-0.05, 0) is 31.2 Å². The Hall–Kier alpha value is -3.89. The molecular formula is C20H17F3N2O6. The molecule has 0 radical (unpaired) electrons. The summed E-state index contributed by atoms with van der Waals surface area (Å²) in [7, 11) is 1.14. The third kappa shape index (κ3) is 5.81. The number of hydrogen-bond acceptors (Lipinski definition) is 6. The molecular weight excluding hydrogens is 421 g/mol. The van der Waals surface area contributed by atoms with Crippen LogP contribution in [-0.2, 0) is 19.1 Å². The van der Waals surface area contributed by atoms with Crippen LogP contribution >= 0.6 is 0 Å². The number of halogens is 3. The SMILES string of the molecule is COC(=O)c1ccccc1C(=O)OC(C)C(=O)NCC(=O)Nc1ccc(F)c(F)c1F. The lowest BCUT2D eigenvalue weighted by atomic mass is 10.1. The van der Waals surface area contributed by atoms with Crippen LogP contribution in [0.1, 0.15) is 27.6 Å². The molecule has 0 saturated carbocycles. The first-order chi connectivity index (χ1) is 14.6. The van der Waals surface area contributed by atoms with E-state index in [1.807, 2.05) is 5.32 Å². The Morgan fingerprint density at radius 3 is 2.16 bits per heavy atom. The lowest BCUT2D eigenvalue weighted by Crippen LogP contribution is -2.40. The largest absolute Gasteiger partial charge is 0.465 e. The van der Waals surface area contributed by atoms with E-state index in [2.05, 4.69) is 10.1 Å². The minimum absolute atomic E-state index is 0.0597. The van der Waals surface area contributed by atoms with Crippen LogP contribution in [0.15, 0.2) is 36.4 Å². The zero-order valence-electron chi connectivity index (χ0n) is 16.3. The topological polar surface area (TPSA) is 111 Å². The van der Waals surface area contributed by atoms with Crippen molar-refractivity contribution in [3.63, 3.8) is 0 Å². The molecule has 2 N–H and O–H groups in total. The number of anilines is 1. The first kappa shape index (κ1) is 23.4. The van der Waals surface area contributed by atoms with Crippen LogP contribution in [0.2, 0.25) is 0 Å². The number of ether oxygens (including phenoxy) is 2. The van der Waals surface area contributed by atoms with Gasteiger partial charge < -0.3 is 20.1 Å². The quantitative estimate of drug-likeness (QED) is 0.507. The summed E-state index contributed by atoms with van der Waals surface area (Å²) in [6.45, 7) is 0.554. The van der Waals surface area contributed by atoms with Crippen LogP contribution in [0.4, 0.5) is 18.9 Å². The Balaban J connectivity index is 1.93. The van der Waals surface area contributed by atoms with Gasteiger partial charge in [-0.2, -0.15) is 0 Å². The van der Waals surface area contributed by atoms with Gasteiger partial charge in [0.2, 0.25) is 5.91 Å². The minimum Gasteiger partial charge on any atom is -0.465 e.